The molecule has 0 aliphatic carbocycles. The molecule has 15 atom stereocenters. The molecule has 130 heavy (non-hydrogen) atoms. The van der Waals surface area contributed by atoms with E-state index in [0.717, 1.165) is 5.56 Å². The summed E-state index contributed by atoms with van der Waals surface area (Å²) in [5.74, 6) is -27.0. The fourth-order valence-electron chi connectivity index (χ4n) is 12.5. The molecule has 0 aliphatic rings. The van der Waals surface area contributed by atoms with Crippen molar-refractivity contribution in [3.63, 3.8) is 0 Å². The zero-order valence-electron chi connectivity index (χ0n) is 74.1. The van der Waals surface area contributed by atoms with E-state index in [1.54, 1.807) is 97.9 Å². The Balaban J connectivity index is 2.42. The van der Waals surface area contributed by atoms with Crippen molar-refractivity contribution in [2.24, 2.45) is 79.5 Å². The molecule has 34 N–H and O–H groups in total. The minimum Gasteiger partial charge on any atom is -0.481 e. The van der Waals surface area contributed by atoms with Crippen LogP contribution >= 0.6 is 0 Å². The van der Waals surface area contributed by atoms with Crippen molar-refractivity contribution in [1.29, 1.82) is 0 Å². The Morgan fingerprint density at radius 2 is 0.715 bits per heavy atom. The quantitative estimate of drug-likeness (QED) is 0.0166. The Bertz CT molecular complexity index is 4340. The SMILES string of the molecule is CC[C@H](C)[C@H](NC(=O)[C@H](C)NC(=O)[C@H](CC(C)C)NC(=O)[C@H](CCC(N)=O)NC(=O)[C@H](CCCN=C(N)N)NC(=O)CNC(=O)[C@@H](NC(=O)[C@H](CCC(N)=O)NC(=O)CN)C(C)C)C(=O)N[C@H](C(=O)NCC(=O)N[C@@H](CC(=O)O)C(=O)N[C@@H](CC(=O)O)C(=O)N[C@@H](Cc1ccc(-c2ccccc2)cc1)C(=O)N[C@@H](CC(N)=O)C(=O)N[C@@H](CCCN=C(N)N)C(=O)O)[C@@H](C)CC. The molecular weight excluding hydrogens is 1710 g/mol. The topological polar surface area (TPSA) is 832 Å². The van der Waals surface area contributed by atoms with Gasteiger partial charge in [-0.3, -0.25) is 106 Å². The molecule has 0 heterocycles. The number of hydrogen-bond donors (Lipinski definition) is 26. The fourth-order valence-corrected chi connectivity index (χ4v) is 12.5. The maximum atomic E-state index is 14.4. The van der Waals surface area contributed by atoms with E-state index in [9.17, 15) is 116 Å². The molecule has 720 valence electrons. The summed E-state index contributed by atoms with van der Waals surface area (Å²) < 4.78 is 0. The maximum Gasteiger partial charge on any atom is 0.326 e. The number of carboxylic acid groups (broad SMARTS) is 3. The highest BCUT2D eigenvalue weighted by molar-refractivity contribution is 6.02. The van der Waals surface area contributed by atoms with E-state index < -0.39 is 279 Å². The Kier molecular flexibility index (Phi) is 49.5. The summed E-state index contributed by atoms with van der Waals surface area (Å²) in [6.45, 7) is 11.7. The molecule has 0 spiro atoms. The second kappa shape index (κ2) is 57.5. The molecule has 49 nitrogen and oxygen atoms in total. The van der Waals surface area contributed by atoms with Gasteiger partial charge in [-0.1, -0.05) is 123 Å². The van der Waals surface area contributed by atoms with E-state index >= 15 is 0 Å². The van der Waals surface area contributed by atoms with Crippen molar-refractivity contribution in [2.75, 3.05) is 32.7 Å². The van der Waals surface area contributed by atoms with Crippen molar-refractivity contribution in [3.8, 4) is 11.1 Å². The summed E-state index contributed by atoms with van der Waals surface area (Å²) in [7, 11) is 0. The third kappa shape index (κ3) is 42.9. The predicted octanol–water partition coefficient (Wildman–Crippen LogP) is -8.25. The monoisotopic (exact) mass is 1830 g/mol. The van der Waals surface area contributed by atoms with Crippen LogP contribution in [-0.4, -0.2) is 263 Å². The van der Waals surface area contributed by atoms with Crippen molar-refractivity contribution in [3.05, 3.63) is 60.2 Å². The van der Waals surface area contributed by atoms with Gasteiger partial charge in [-0.25, -0.2) is 4.79 Å². The van der Waals surface area contributed by atoms with Crippen molar-refractivity contribution in [1.82, 2.24) is 79.8 Å². The van der Waals surface area contributed by atoms with E-state index in [2.05, 4.69) is 89.7 Å². The number of carbonyl (C=O) groups is 21. The van der Waals surface area contributed by atoms with Crippen LogP contribution in [-0.2, 0) is 107 Å². The van der Waals surface area contributed by atoms with Crippen LogP contribution in [0.5, 0.6) is 0 Å². The molecule has 0 bridgehead atoms. The van der Waals surface area contributed by atoms with Gasteiger partial charge in [0.15, 0.2) is 11.9 Å². The smallest absolute Gasteiger partial charge is 0.326 e. The number of benzene rings is 2. The number of rotatable bonds is 61. The van der Waals surface area contributed by atoms with Crippen LogP contribution in [0.3, 0.4) is 0 Å². The summed E-state index contributed by atoms with van der Waals surface area (Å²) in [5.41, 5.74) is 45.1. The average molecular weight is 1840 g/mol. The summed E-state index contributed by atoms with van der Waals surface area (Å²) >= 11 is 0. The molecule has 49 heteroatoms. The molecule has 0 aliphatic heterocycles. The first-order chi connectivity index (χ1) is 61.0. The number of carbonyl (C=O) groups excluding carboxylic acids is 18. The number of carboxylic acids is 3. The van der Waals surface area contributed by atoms with Gasteiger partial charge >= 0.3 is 17.9 Å². The third-order valence-electron chi connectivity index (χ3n) is 20.0. The number of nitrogens with one attached hydrogen (secondary N) is 15. The highest BCUT2D eigenvalue weighted by Crippen LogP contribution is 2.21. The summed E-state index contributed by atoms with van der Waals surface area (Å²) in [6, 6.07) is -6.10. The van der Waals surface area contributed by atoms with E-state index in [1.807, 2.05) is 12.1 Å². The molecule has 0 saturated carbocycles. The molecule has 2 rings (SSSR count). The molecule has 18 amide bonds. The minimum absolute atomic E-state index is 0.0240. The number of nitrogens with two attached hydrogens (primary N) is 8. The minimum atomic E-state index is -2.19. The number of aliphatic imine (C=N–C) groups is 2. The number of primary amides is 3. The fraction of sp³-hybridized carbons (Fsp3) is 0.568. The van der Waals surface area contributed by atoms with Crippen LogP contribution in [0.4, 0.5) is 0 Å². The van der Waals surface area contributed by atoms with Gasteiger partial charge < -0.3 is 141 Å². The maximum absolute atomic E-state index is 14.4. The zero-order chi connectivity index (χ0) is 98.4. The molecule has 0 fully saturated rings. The molecule has 0 saturated heterocycles. The number of amides is 18. The summed E-state index contributed by atoms with van der Waals surface area (Å²) in [4.78, 5) is 289. The third-order valence-corrected chi connectivity index (χ3v) is 20.0. The molecular formula is C81H127N25O24. The zero-order valence-corrected chi connectivity index (χ0v) is 74.1. The van der Waals surface area contributed by atoms with Gasteiger partial charge in [0.2, 0.25) is 106 Å². The molecule has 2 aromatic carbocycles. The van der Waals surface area contributed by atoms with Gasteiger partial charge in [-0.05, 0) is 92.2 Å². The number of aliphatic carboxylic acids is 3. The Morgan fingerprint density at radius 1 is 0.354 bits per heavy atom. The van der Waals surface area contributed by atoms with Gasteiger partial charge in [-0.15, -0.1) is 0 Å². The van der Waals surface area contributed by atoms with Crippen LogP contribution in [0, 0.1) is 23.7 Å². The van der Waals surface area contributed by atoms with Gasteiger partial charge in [0.05, 0.1) is 38.9 Å². The summed E-state index contributed by atoms with van der Waals surface area (Å²) in [5, 5.41) is 65.5. The van der Waals surface area contributed by atoms with Crippen LogP contribution in [0.2, 0.25) is 0 Å². The molecule has 0 aromatic heterocycles. The molecule has 0 unspecified atom stereocenters. The lowest BCUT2D eigenvalue weighted by Crippen LogP contribution is -2.61. The van der Waals surface area contributed by atoms with Gasteiger partial charge in [0.25, 0.3) is 0 Å². The number of nitrogens with zero attached hydrogens (tertiary/aromatic N) is 2. The summed E-state index contributed by atoms with van der Waals surface area (Å²) in [6.07, 6.45) is -5.56. The largest absolute Gasteiger partial charge is 0.481 e. The van der Waals surface area contributed by atoms with Crippen molar-refractivity contribution >= 4 is 136 Å². The lowest BCUT2D eigenvalue weighted by atomic mass is 9.94. The van der Waals surface area contributed by atoms with E-state index in [4.69, 9.17) is 45.9 Å². The lowest BCUT2D eigenvalue weighted by Gasteiger charge is -2.30. The van der Waals surface area contributed by atoms with Crippen LogP contribution in [0.25, 0.3) is 11.1 Å². The predicted molar refractivity (Wildman–Crippen MR) is 467 cm³/mol. The van der Waals surface area contributed by atoms with Crippen LogP contribution < -0.4 is 126 Å². The number of guanidine groups is 2. The standard InChI is InChI=1S/C81H127N25O24/c1-10-41(7)65(77(127)93-38-61(112)97-54(34-62(113)114)74(124)103-55(35-63(115)116)75(125)101-52(32-44-21-23-46(24-22-44)45-17-13-12-14-18-45)72(122)102-53(33-58(85)109)73(123)99-50(79(129)130)20-16-30-91-81(88)89)106-78(128)66(42(8)11-2)105-67(117)43(9)94-71(121)51(31-39(3)4)100-69(119)49(26-28-57(84)108)98-68(118)47(19-15-29-90-80(86)87)96-60(111)37-92-76(126)64(40(5)6)104-70(120)48(25-27-56(83)107)95-59(110)36-82/h12-14,17-18,21-24,39-43,47-55,64-66H,10-11,15-16,19-20,25-38,82H2,1-9H3,(H2,83,107)(H2,84,108)(H2,85,109)(H,92,126)(H,93,127)(H,94,121)(H,95,110)(H,96,111)(H,97,112)(H,98,118)(H,99,123)(H,100,119)(H,101,125)(H,102,122)(H,103,124)(H,104,120)(H,105,117)(H,106,128)(H,113,114)(H,115,116)(H,129,130)(H4,86,87,90)(H4,88,89,91)/t41-,42-,43-,47-,48-,49-,50-,51-,52-,53-,54-,55-,64-,65-,66-/m0/s1. The van der Waals surface area contributed by atoms with E-state index in [1.165, 1.54) is 6.92 Å². The van der Waals surface area contributed by atoms with Crippen molar-refractivity contribution < 1.29 is 116 Å². The Morgan fingerprint density at radius 3 is 1.16 bits per heavy atom. The van der Waals surface area contributed by atoms with Crippen LogP contribution in [0.1, 0.15) is 158 Å². The molecule has 2 aromatic rings. The van der Waals surface area contributed by atoms with Crippen LogP contribution in [0.15, 0.2) is 64.6 Å². The first kappa shape index (κ1) is 112. The normalized spacial score (nSPS) is 14.4. The first-order valence-corrected chi connectivity index (χ1v) is 41.9. The Hall–Kier alpha value is -14.2. The first-order valence-electron chi connectivity index (χ1n) is 41.9. The van der Waals surface area contributed by atoms with Crippen molar-refractivity contribution in [2.45, 2.75) is 237 Å². The van der Waals surface area contributed by atoms with Gasteiger partial charge in [-0.2, -0.15) is 0 Å². The van der Waals surface area contributed by atoms with Gasteiger partial charge in [0, 0.05) is 32.4 Å². The van der Waals surface area contributed by atoms with E-state index in [0.29, 0.717) is 11.1 Å². The molecule has 0 radical (unpaired) electrons. The second-order valence-corrected chi connectivity index (χ2v) is 31.6. The highest BCUT2D eigenvalue weighted by atomic mass is 16.4. The van der Waals surface area contributed by atoms with E-state index in [-0.39, 0.29) is 88.7 Å². The second-order valence-electron chi connectivity index (χ2n) is 31.6. The number of hydrogen-bond acceptors (Lipinski definition) is 24. The Labute approximate surface area is 749 Å². The highest BCUT2D eigenvalue weighted by Gasteiger charge is 2.40. The lowest BCUT2D eigenvalue weighted by molar-refractivity contribution is -0.143. The average Bonchev–Trinajstić information content (AvgIpc) is 0.840. The van der Waals surface area contributed by atoms with Gasteiger partial charge in [0.1, 0.15) is 78.5 Å².